The number of aryl methyl sites for hydroxylation is 1. The van der Waals surface area contributed by atoms with E-state index in [1.54, 1.807) is 27.0 Å². The van der Waals surface area contributed by atoms with Crippen LogP contribution >= 0.6 is 0 Å². The predicted molar refractivity (Wildman–Crippen MR) is 105 cm³/mol. The van der Waals surface area contributed by atoms with Crippen molar-refractivity contribution in [1.82, 2.24) is 9.97 Å². The monoisotopic (exact) mass is 370 g/mol. The molecular weight excluding hydrogens is 344 g/mol. The van der Waals surface area contributed by atoms with Crippen molar-refractivity contribution in [1.29, 1.82) is 0 Å². The molecule has 0 spiro atoms. The summed E-state index contributed by atoms with van der Waals surface area (Å²) in [7, 11) is 0. The lowest BCUT2D eigenvalue weighted by Gasteiger charge is -2.19. The number of rotatable bonds is 6. The normalized spacial score (nSPS) is 11.0. The maximum absolute atomic E-state index is 11.9. The number of carbonyl (C=O) groups is 2. The van der Waals surface area contributed by atoms with Crippen LogP contribution in [0.4, 0.5) is 16.3 Å². The third kappa shape index (κ3) is 6.36. The van der Waals surface area contributed by atoms with Gasteiger partial charge in [0.2, 0.25) is 0 Å². The average molecular weight is 370 g/mol. The summed E-state index contributed by atoms with van der Waals surface area (Å²) in [5.41, 5.74) is 2.74. The summed E-state index contributed by atoms with van der Waals surface area (Å²) < 4.78 is 5.17. The van der Waals surface area contributed by atoms with Crippen LogP contribution in [0.25, 0.3) is 0 Å². The van der Waals surface area contributed by atoms with E-state index in [1.807, 2.05) is 32.0 Å². The topological polar surface area (TPSA) is 93.2 Å². The number of benzene rings is 1. The van der Waals surface area contributed by atoms with Crippen molar-refractivity contribution in [3.63, 3.8) is 0 Å². The number of ether oxygens (including phenoxy) is 1. The zero-order chi connectivity index (χ0) is 20.0. The van der Waals surface area contributed by atoms with Gasteiger partial charge in [0.25, 0.3) is 0 Å². The Balaban J connectivity index is 1.97. The summed E-state index contributed by atoms with van der Waals surface area (Å²) in [6.45, 7) is 9.64. The Morgan fingerprint density at radius 3 is 2.48 bits per heavy atom. The molecule has 0 aliphatic carbocycles. The molecule has 0 bridgehead atoms. The minimum Gasteiger partial charge on any atom is -0.444 e. The third-order valence-corrected chi connectivity index (χ3v) is 3.67. The maximum atomic E-state index is 11.9. The Kier molecular flexibility index (Phi) is 6.50. The predicted octanol–water partition coefficient (Wildman–Crippen LogP) is 4.34. The number of ketones is 1. The summed E-state index contributed by atoms with van der Waals surface area (Å²) in [6, 6.07) is 5.61. The van der Waals surface area contributed by atoms with E-state index >= 15 is 0 Å². The molecule has 27 heavy (non-hydrogen) atoms. The molecule has 0 atom stereocenters. The standard InChI is InChI=1S/C20H26N4O3/c1-6-17(25)14-8-7-13(2)16(9-14)22-10-15-11-23-18(12-21-15)24-19(26)27-20(3,4)5/h7-9,11-12,22H,6,10H2,1-5H3,(H,23,24,26). The molecule has 0 unspecified atom stereocenters. The van der Waals surface area contributed by atoms with E-state index in [2.05, 4.69) is 20.6 Å². The minimum atomic E-state index is -0.576. The molecule has 2 N–H and O–H groups in total. The summed E-state index contributed by atoms with van der Waals surface area (Å²) >= 11 is 0. The van der Waals surface area contributed by atoms with Gasteiger partial charge in [-0.3, -0.25) is 15.1 Å². The first-order chi connectivity index (χ1) is 12.7. The van der Waals surface area contributed by atoms with Gasteiger partial charge in [-0.15, -0.1) is 0 Å². The summed E-state index contributed by atoms with van der Waals surface area (Å²) in [5, 5.41) is 5.82. The average Bonchev–Trinajstić information content (AvgIpc) is 2.60. The number of hydrogen-bond acceptors (Lipinski definition) is 6. The fraction of sp³-hybridized carbons (Fsp3) is 0.400. The van der Waals surface area contributed by atoms with E-state index < -0.39 is 11.7 Å². The van der Waals surface area contributed by atoms with Crippen LogP contribution < -0.4 is 10.6 Å². The highest BCUT2D eigenvalue weighted by Crippen LogP contribution is 2.19. The first-order valence-electron chi connectivity index (χ1n) is 8.86. The molecule has 0 saturated carbocycles. The Bertz CT molecular complexity index is 811. The minimum absolute atomic E-state index is 0.107. The molecule has 1 aromatic carbocycles. The first-order valence-corrected chi connectivity index (χ1v) is 8.86. The lowest BCUT2D eigenvalue weighted by Crippen LogP contribution is -2.27. The highest BCUT2D eigenvalue weighted by molar-refractivity contribution is 5.96. The van der Waals surface area contributed by atoms with Crippen LogP contribution in [0.5, 0.6) is 0 Å². The number of hydrogen-bond donors (Lipinski definition) is 2. The fourth-order valence-corrected chi connectivity index (χ4v) is 2.29. The van der Waals surface area contributed by atoms with Gasteiger partial charge in [-0.2, -0.15) is 0 Å². The second-order valence-corrected chi connectivity index (χ2v) is 7.18. The van der Waals surface area contributed by atoms with Gasteiger partial charge < -0.3 is 10.1 Å². The molecule has 144 valence electrons. The van der Waals surface area contributed by atoms with E-state index in [9.17, 15) is 9.59 Å². The van der Waals surface area contributed by atoms with Crippen molar-refractivity contribution in [2.24, 2.45) is 0 Å². The van der Waals surface area contributed by atoms with E-state index in [4.69, 9.17) is 4.74 Å². The molecule has 0 aliphatic heterocycles. The molecule has 7 nitrogen and oxygen atoms in total. The smallest absolute Gasteiger partial charge is 0.413 e. The number of nitrogens with one attached hydrogen (secondary N) is 2. The van der Waals surface area contributed by atoms with Gasteiger partial charge in [0, 0.05) is 17.7 Å². The lowest BCUT2D eigenvalue weighted by atomic mass is 10.1. The highest BCUT2D eigenvalue weighted by atomic mass is 16.6. The molecule has 1 aromatic heterocycles. The number of carbonyl (C=O) groups excluding carboxylic acids is 2. The SMILES string of the molecule is CCC(=O)c1ccc(C)c(NCc2cnc(NC(=O)OC(C)(C)C)cn2)c1. The summed E-state index contributed by atoms with van der Waals surface area (Å²) in [6.07, 6.45) is 2.96. The lowest BCUT2D eigenvalue weighted by molar-refractivity contribution is 0.0635. The van der Waals surface area contributed by atoms with Crippen LogP contribution in [0.2, 0.25) is 0 Å². The Morgan fingerprint density at radius 1 is 1.15 bits per heavy atom. The van der Waals surface area contributed by atoms with E-state index in [0.717, 1.165) is 11.3 Å². The van der Waals surface area contributed by atoms with Crippen LogP contribution in [0, 0.1) is 6.92 Å². The van der Waals surface area contributed by atoms with Gasteiger partial charge in [0.1, 0.15) is 5.60 Å². The van der Waals surface area contributed by atoms with Crippen LogP contribution in [0.1, 0.15) is 55.7 Å². The second-order valence-electron chi connectivity index (χ2n) is 7.18. The van der Waals surface area contributed by atoms with E-state index in [1.165, 1.54) is 6.20 Å². The van der Waals surface area contributed by atoms with Crippen molar-refractivity contribution in [2.75, 3.05) is 10.6 Å². The van der Waals surface area contributed by atoms with Crippen molar-refractivity contribution in [3.05, 3.63) is 47.4 Å². The fourth-order valence-electron chi connectivity index (χ4n) is 2.29. The van der Waals surface area contributed by atoms with Crippen LogP contribution in [0.3, 0.4) is 0 Å². The van der Waals surface area contributed by atoms with Gasteiger partial charge in [-0.1, -0.05) is 19.1 Å². The van der Waals surface area contributed by atoms with Crippen LogP contribution in [-0.4, -0.2) is 27.4 Å². The van der Waals surface area contributed by atoms with Gasteiger partial charge in [-0.05, 0) is 39.3 Å². The van der Waals surface area contributed by atoms with Gasteiger partial charge >= 0.3 is 6.09 Å². The third-order valence-electron chi connectivity index (χ3n) is 3.67. The number of aromatic nitrogens is 2. The van der Waals surface area contributed by atoms with E-state index in [0.29, 0.717) is 30.0 Å². The molecular formula is C20H26N4O3. The van der Waals surface area contributed by atoms with Crippen LogP contribution in [-0.2, 0) is 11.3 Å². The van der Waals surface area contributed by atoms with E-state index in [-0.39, 0.29) is 5.78 Å². The maximum Gasteiger partial charge on any atom is 0.413 e. The molecule has 7 heteroatoms. The van der Waals surface area contributed by atoms with Crippen molar-refractivity contribution in [2.45, 2.75) is 53.2 Å². The highest BCUT2D eigenvalue weighted by Gasteiger charge is 2.16. The Hall–Kier alpha value is -2.96. The largest absolute Gasteiger partial charge is 0.444 e. The van der Waals surface area contributed by atoms with Crippen molar-refractivity contribution in [3.8, 4) is 0 Å². The van der Waals surface area contributed by atoms with Gasteiger partial charge in [0.05, 0.1) is 24.6 Å². The molecule has 0 saturated heterocycles. The number of anilines is 2. The molecule has 2 aromatic rings. The zero-order valence-electron chi connectivity index (χ0n) is 16.4. The number of amides is 1. The molecule has 0 fully saturated rings. The molecule has 0 aliphatic rings. The molecule has 0 radical (unpaired) electrons. The summed E-state index contributed by atoms with van der Waals surface area (Å²) in [4.78, 5) is 32.1. The molecule has 1 amide bonds. The number of Topliss-reactive ketones (excluding diaryl/α,β-unsaturated/α-hetero) is 1. The van der Waals surface area contributed by atoms with Gasteiger partial charge in [0.15, 0.2) is 11.6 Å². The first kappa shape index (κ1) is 20.4. The zero-order valence-corrected chi connectivity index (χ0v) is 16.4. The van der Waals surface area contributed by atoms with Gasteiger partial charge in [-0.25, -0.2) is 9.78 Å². The molecule has 1 heterocycles. The van der Waals surface area contributed by atoms with Crippen molar-refractivity contribution < 1.29 is 14.3 Å². The Morgan fingerprint density at radius 2 is 1.89 bits per heavy atom. The Labute approximate surface area is 159 Å². The summed E-state index contributed by atoms with van der Waals surface area (Å²) in [5.74, 6) is 0.426. The molecule has 2 rings (SSSR count). The van der Waals surface area contributed by atoms with Crippen molar-refractivity contribution >= 4 is 23.4 Å². The quantitative estimate of drug-likeness (QED) is 0.735. The van der Waals surface area contributed by atoms with Crippen LogP contribution in [0.15, 0.2) is 30.6 Å². The second kappa shape index (κ2) is 8.62. The number of nitrogens with zero attached hydrogens (tertiary/aromatic N) is 2.